The number of piperidine rings is 1. The zero-order valence-electron chi connectivity index (χ0n) is 12.0. The predicted molar refractivity (Wildman–Crippen MR) is 73.3 cm³/mol. The molecule has 0 aromatic carbocycles. The molecular formula is C14H24N2O4. The van der Waals surface area contributed by atoms with Gasteiger partial charge in [-0.15, -0.1) is 0 Å². The van der Waals surface area contributed by atoms with Crippen LogP contribution in [0, 0.1) is 5.41 Å². The van der Waals surface area contributed by atoms with Crippen molar-refractivity contribution in [3.8, 4) is 0 Å². The molecule has 0 bridgehead atoms. The number of carbonyl (C=O) groups is 2. The lowest BCUT2D eigenvalue weighted by Crippen LogP contribution is -2.54. The van der Waals surface area contributed by atoms with E-state index in [1.165, 1.54) is 32.6 Å². The number of aliphatic carboxylic acids is 1. The van der Waals surface area contributed by atoms with E-state index in [9.17, 15) is 14.7 Å². The monoisotopic (exact) mass is 284 g/mol. The van der Waals surface area contributed by atoms with Crippen LogP contribution in [0.3, 0.4) is 0 Å². The maximum absolute atomic E-state index is 12.1. The molecule has 0 aromatic rings. The highest BCUT2D eigenvalue weighted by Gasteiger charge is 2.38. The number of urea groups is 1. The highest BCUT2D eigenvalue weighted by atomic mass is 16.4. The van der Waals surface area contributed by atoms with Crippen LogP contribution < -0.4 is 5.32 Å². The zero-order valence-corrected chi connectivity index (χ0v) is 12.0. The van der Waals surface area contributed by atoms with Crippen LogP contribution in [0.5, 0.6) is 0 Å². The molecule has 1 saturated carbocycles. The zero-order chi connectivity index (χ0) is 14.8. The lowest BCUT2D eigenvalue weighted by atomic mass is 9.77. The van der Waals surface area contributed by atoms with Gasteiger partial charge in [0, 0.05) is 13.1 Å². The third kappa shape index (κ3) is 3.23. The number of rotatable bonds is 3. The molecule has 0 aromatic heterocycles. The summed E-state index contributed by atoms with van der Waals surface area (Å²) in [6.45, 7) is 2.72. The fraction of sp³-hybridized carbons (Fsp3) is 0.857. The Balaban J connectivity index is 1.86. The van der Waals surface area contributed by atoms with Crippen LogP contribution in [0.1, 0.15) is 45.4 Å². The van der Waals surface area contributed by atoms with Crippen molar-refractivity contribution >= 4 is 12.0 Å². The van der Waals surface area contributed by atoms with E-state index in [2.05, 4.69) is 5.32 Å². The molecule has 2 fully saturated rings. The highest BCUT2D eigenvalue weighted by molar-refractivity contribution is 5.83. The summed E-state index contributed by atoms with van der Waals surface area (Å²) in [5, 5.41) is 20.8. The average Bonchev–Trinajstić information content (AvgIpc) is 2.84. The Hall–Kier alpha value is -1.30. The van der Waals surface area contributed by atoms with Crippen molar-refractivity contribution in [1.82, 2.24) is 10.2 Å². The van der Waals surface area contributed by atoms with Gasteiger partial charge in [0.05, 0.1) is 6.10 Å². The Morgan fingerprint density at radius 1 is 1.15 bits per heavy atom. The molecule has 3 N–H and O–H groups in total. The number of carboxylic acids is 1. The second-order valence-electron chi connectivity index (χ2n) is 6.20. The standard InChI is InChI=1S/C14H24N2O4/c1-10(17)11(12(18)19)15-13(20)16-8-6-14(7-9-16)4-2-3-5-14/h10-11,17H,2-9H2,1H3,(H,15,20)(H,18,19). The smallest absolute Gasteiger partial charge is 0.328 e. The molecule has 6 heteroatoms. The Bertz CT molecular complexity index is 367. The summed E-state index contributed by atoms with van der Waals surface area (Å²) in [5.74, 6) is -1.21. The van der Waals surface area contributed by atoms with Crippen LogP contribution in [-0.4, -0.2) is 52.3 Å². The number of aliphatic hydroxyl groups excluding tert-OH is 1. The van der Waals surface area contributed by atoms with E-state index in [-0.39, 0.29) is 6.03 Å². The molecule has 1 heterocycles. The first kappa shape index (κ1) is 15.1. The van der Waals surface area contributed by atoms with Crippen molar-refractivity contribution in [2.75, 3.05) is 13.1 Å². The van der Waals surface area contributed by atoms with E-state index >= 15 is 0 Å². The van der Waals surface area contributed by atoms with Gasteiger partial charge in [-0.1, -0.05) is 12.8 Å². The quantitative estimate of drug-likeness (QED) is 0.726. The van der Waals surface area contributed by atoms with Gasteiger partial charge in [-0.05, 0) is 38.0 Å². The second kappa shape index (κ2) is 5.99. The number of nitrogens with zero attached hydrogens (tertiary/aromatic N) is 1. The van der Waals surface area contributed by atoms with Crippen molar-refractivity contribution in [2.45, 2.75) is 57.6 Å². The Kier molecular flexibility index (Phi) is 4.52. The predicted octanol–water partition coefficient (Wildman–Crippen LogP) is 1.19. The molecule has 2 aliphatic rings. The van der Waals surface area contributed by atoms with Crippen molar-refractivity contribution in [2.24, 2.45) is 5.41 Å². The second-order valence-corrected chi connectivity index (χ2v) is 6.20. The number of carboxylic acid groups (broad SMARTS) is 1. The highest BCUT2D eigenvalue weighted by Crippen LogP contribution is 2.46. The Morgan fingerprint density at radius 3 is 2.15 bits per heavy atom. The number of amides is 2. The summed E-state index contributed by atoms with van der Waals surface area (Å²) >= 11 is 0. The van der Waals surface area contributed by atoms with Crippen LogP contribution in [0.4, 0.5) is 4.79 Å². The Morgan fingerprint density at radius 2 is 1.70 bits per heavy atom. The summed E-state index contributed by atoms with van der Waals surface area (Å²) in [4.78, 5) is 24.7. The number of aliphatic hydroxyl groups is 1. The summed E-state index contributed by atoms with van der Waals surface area (Å²) in [6.07, 6.45) is 5.99. The maximum atomic E-state index is 12.1. The minimum atomic E-state index is -1.25. The first-order valence-electron chi connectivity index (χ1n) is 7.40. The SMILES string of the molecule is CC(O)C(NC(=O)N1CCC2(CCCC2)CC1)C(=O)O. The van der Waals surface area contributed by atoms with E-state index < -0.39 is 18.1 Å². The molecule has 1 aliphatic carbocycles. The summed E-state index contributed by atoms with van der Waals surface area (Å²) in [7, 11) is 0. The molecular weight excluding hydrogens is 260 g/mol. The van der Waals surface area contributed by atoms with Crippen LogP contribution in [0.2, 0.25) is 0 Å². The normalized spacial score (nSPS) is 24.4. The molecule has 2 amide bonds. The van der Waals surface area contributed by atoms with Gasteiger partial charge in [0.15, 0.2) is 6.04 Å². The van der Waals surface area contributed by atoms with Crippen molar-refractivity contribution < 1.29 is 19.8 Å². The summed E-state index contributed by atoms with van der Waals surface area (Å²) < 4.78 is 0. The minimum Gasteiger partial charge on any atom is -0.480 e. The number of likely N-dealkylation sites (tertiary alicyclic amines) is 1. The molecule has 1 aliphatic heterocycles. The fourth-order valence-corrected chi connectivity index (χ4v) is 3.42. The van der Waals surface area contributed by atoms with Crippen molar-refractivity contribution in [3.63, 3.8) is 0 Å². The van der Waals surface area contributed by atoms with Gasteiger partial charge in [-0.25, -0.2) is 9.59 Å². The van der Waals surface area contributed by atoms with Crippen LogP contribution in [0.25, 0.3) is 0 Å². The van der Waals surface area contributed by atoms with Gasteiger partial charge in [0.2, 0.25) is 0 Å². The largest absolute Gasteiger partial charge is 0.480 e. The van der Waals surface area contributed by atoms with E-state index in [1.807, 2.05) is 0 Å². The van der Waals surface area contributed by atoms with Gasteiger partial charge in [-0.3, -0.25) is 0 Å². The molecule has 1 spiro atoms. The maximum Gasteiger partial charge on any atom is 0.328 e. The molecule has 6 nitrogen and oxygen atoms in total. The number of carbonyl (C=O) groups excluding carboxylic acids is 1. The average molecular weight is 284 g/mol. The fourth-order valence-electron chi connectivity index (χ4n) is 3.42. The molecule has 2 rings (SSSR count). The first-order valence-corrected chi connectivity index (χ1v) is 7.40. The van der Waals surface area contributed by atoms with Gasteiger partial charge in [0.25, 0.3) is 0 Å². The van der Waals surface area contributed by atoms with Crippen molar-refractivity contribution in [1.29, 1.82) is 0 Å². The van der Waals surface area contributed by atoms with Gasteiger partial charge >= 0.3 is 12.0 Å². The van der Waals surface area contributed by atoms with Crippen LogP contribution in [-0.2, 0) is 4.79 Å². The number of hydrogen-bond donors (Lipinski definition) is 3. The van der Waals surface area contributed by atoms with Crippen molar-refractivity contribution in [3.05, 3.63) is 0 Å². The molecule has 2 unspecified atom stereocenters. The lowest BCUT2D eigenvalue weighted by molar-refractivity contribution is -0.141. The van der Waals surface area contributed by atoms with Gasteiger partial charge in [-0.2, -0.15) is 0 Å². The van der Waals surface area contributed by atoms with E-state index in [1.54, 1.807) is 4.90 Å². The van der Waals surface area contributed by atoms with Crippen LogP contribution in [0.15, 0.2) is 0 Å². The van der Waals surface area contributed by atoms with E-state index in [0.29, 0.717) is 18.5 Å². The third-order valence-electron chi connectivity index (χ3n) is 4.80. The molecule has 20 heavy (non-hydrogen) atoms. The topological polar surface area (TPSA) is 89.9 Å². The van der Waals surface area contributed by atoms with E-state index in [0.717, 1.165) is 12.8 Å². The summed E-state index contributed by atoms with van der Waals surface area (Å²) in [5.41, 5.74) is 0.424. The van der Waals surface area contributed by atoms with E-state index in [4.69, 9.17) is 5.11 Å². The molecule has 1 saturated heterocycles. The van der Waals surface area contributed by atoms with Gasteiger partial charge < -0.3 is 20.4 Å². The summed E-state index contributed by atoms with van der Waals surface area (Å²) in [6, 6.07) is -1.63. The molecule has 0 radical (unpaired) electrons. The number of hydrogen-bond acceptors (Lipinski definition) is 3. The minimum absolute atomic E-state index is 0.383. The lowest BCUT2D eigenvalue weighted by Gasteiger charge is -2.39. The van der Waals surface area contributed by atoms with Gasteiger partial charge in [0.1, 0.15) is 0 Å². The molecule has 114 valence electrons. The first-order chi connectivity index (χ1) is 9.43. The van der Waals surface area contributed by atoms with Crippen LogP contribution >= 0.6 is 0 Å². The molecule has 2 atom stereocenters. The third-order valence-corrected chi connectivity index (χ3v) is 4.80. The number of nitrogens with one attached hydrogen (secondary N) is 1. The Labute approximate surface area is 119 Å².